The van der Waals surface area contributed by atoms with Crippen molar-refractivity contribution >= 4 is 27.7 Å². The Hall–Kier alpha value is -3.73. The van der Waals surface area contributed by atoms with Crippen LogP contribution in [0.4, 0.5) is 16.4 Å². The molecule has 5 aromatic rings. The average molecular weight is 435 g/mol. The Morgan fingerprint density at radius 1 is 0.625 bits per heavy atom. The van der Waals surface area contributed by atoms with Gasteiger partial charge in [-0.1, -0.05) is 102 Å². The highest BCUT2D eigenvalue weighted by Crippen LogP contribution is 2.46. The lowest BCUT2D eigenvalue weighted by Gasteiger charge is -2.24. The zero-order chi connectivity index (χ0) is 21.8. The van der Waals surface area contributed by atoms with E-state index in [-0.39, 0.29) is 6.61 Å². The Kier molecular flexibility index (Phi) is 5.79. The molecule has 0 radical (unpaired) electrons. The summed E-state index contributed by atoms with van der Waals surface area (Å²) >= 11 is 1.67. The number of hydrogen-bond donors (Lipinski definition) is 1. The fourth-order valence-electron chi connectivity index (χ4n) is 3.66. The molecule has 0 fully saturated rings. The molecule has 1 N–H and O–H groups in total. The Morgan fingerprint density at radius 2 is 1.16 bits per heavy atom. The molecule has 4 heteroatoms. The summed E-state index contributed by atoms with van der Waals surface area (Å²) in [6.07, 6.45) is 0. The lowest BCUT2D eigenvalue weighted by Crippen LogP contribution is -2.09. The van der Waals surface area contributed by atoms with Crippen molar-refractivity contribution in [1.82, 2.24) is 4.98 Å². The molecule has 0 unspecified atom stereocenters. The zero-order valence-corrected chi connectivity index (χ0v) is 18.2. The number of para-hydroxylation sites is 2. The number of hydrogen-bond acceptors (Lipinski definition) is 4. The van der Waals surface area contributed by atoms with E-state index < -0.39 is 0 Å². The second-order valence-electron chi connectivity index (χ2n) is 7.40. The standard InChI is InChI=1S/C28H22N2OS/c31-20-21-16-18-23(19-17-21)27-29-26(22-10-4-1-5-11-22)28(32-27)30(24-12-6-2-7-13-24)25-14-8-3-9-15-25/h1-19,31H,20H2. The highest BCUT2D eigenvalue weighted by molar-refractivity contribution is 7.19. The van der Waals surface area contributed by atoms with Crippen molar-refractivity contribution in [2.75, 3.05) is 4.90 Å². The molecule has 0 atom stereocenters. The van der Waals surface area contributed by atoms with E-state index in [9.17, 15) is 5.11 Å². The molecule has 0 aliphatic heterocycles. The minimum absolute atomic E-state index is 0.0362. The van der Waals surface area contributed by atoms with Crippen LogP contribution in [-0.2, 0) is 6.61 Å². The summed E-state index contributed by atoms with van der Waals surface area (Å²) in [5.74, 6) is 0. The topological polar surface area (TPSA) is 36.4 Å². The molecule has 1 aromatic heterocycles. The zero-order valence-electron chi connectivity index (χ0n) is 17.4. The third-order valence-electron chi connectivity index (χ3n) is 5.27. The molecule has 0 saturated carbocycles. The van der Waals surface area contributed by atoms with Gasteiger partial charge in [-0.05, 0) is 29.8 Å². The number of aliphatic hydroxyl groups excluding tert-OH is 1. The summed E-state index contributed by atoms with van der Waals surface area (Å²) in [4.78, 5) is 7.36. The number of aromatic nitrogens is 1. The number of thiazole rings is 1. The molecule has 32 heavy (non-hydrogen) atoms. The van der Waals surface area contributed by atoms with Crippen LogP contribution >= 0.6 is 11.3 Å². The van der Waals surface area contributed by atoms with E-state index in [1.165, 1.54) is 0 Å². The van der Waals surface area contributed by atoms with Crippen molar-refractivity contribution in [2.45, 2.75) is 6.61 Å². The number of rotatable bonds is 6. The van der Waals surface area contributed by atoms with Gasteiger partial charge >= 0.3 is 0 Å². The lowest BCUT2D eigenvalue weighted by atomic mass is 10.1. The van der Waals surface area contributed by atoms with Gasteiger partial charge in [0.15, 0.2) is 0 Å². The summed E-state index contributed by atoms with van der Waals surface area (Å²) in [5.41, 5.74) is 6.13. The van der Waals surface area contributed by atoms with Gasteiger partial charge in [-0.3, -0.25) is 0 Å². The maximum Gasteiger partial charge on any atom is 0.129 e. The second kappa shape index (κ2) is 9.18. The smallest absolute Gasteiger partial charge is 0.129 e. The summed E-state index contributed by atoms with van der Waals surface area (Å²) < 4.78 is 0. The van der Waals surface area contributed by atoms with Crippen molar-refractivity contribution in [3.8, 4) is 21.8 Å². The predicted molar refractivity (Wildman–Crippen MR) is 134 cm³/mol. The first-order chi connectivity index (χ1) is 15.8. The van der Waals surface area contributed by atoms with Crippen molar-refractivity contribution in [3.05, 3.63) is 121 Å². The predicted octanol–water partition coefficient (Wildman–Crippen LogP) is 7.44. The van der Waals surface area contributed by atoms with Gasteiger partial charge in [0.2, 0.25) is 0 Å². The molecule has 3 nitrogen and oxygen atoms in total. The van der Waals surface area contributed by atoms with Gasteiger partial charge < -0.3 is 10.0 Å². The van der Waals surface area contributed by atoms with Crippen LogP contribution in [-0.4, -0.2) is 10.1 Å². The Bertz CT molecular complexity index is 1240. The highest BCUT2D eigenvalue weighted by atomic mass is 32.1. The summed E-state index contributed by atoms with van der Waals surface area (Å²) in [7, 11) is 0. The van der Waals surface area contributed by atoms with E-state index in [1.54, 1.807) is 11.3 Å². The molecule has 0 aliphatic rings. The fraction of sp³-hybridized carbons (Fsp3) is 0.0357. The highest BCUT2D eigenvalue weighted by Gasteiger charge is 2.22. The van der Waals surface area contributed by atoms with Gasteiger partial charge in [0.05, 0.1) is 6.61 Å². The van der Waals surface area contributed by atoms with E-state index in [2.05, 4.69) is 65.6 Å². The van der Waals surface area contributed by atoms with Crippen LogP contribution in [0.2, 0.25) is 0 Å². The van der Waals surface area contributed by atoms with E-state index in [0.717, 1.165) is 43.8 Å². The van der Waals surface area contributed by atoms with E-state index in [1.807, 2.05) is 54.6 Å². The minimum atomic E-state index is 0.0362. The SMILES string of the molecule is OCc1ccc(-c2nc(-c3ccccc3)c(N(c3ccccc3)c3ccccc3)s2)cc1. The van der Waals surface area contributed by atoms with Crippen LogP contribution in [0.5, 0.6) is 0 Å². The molecule has 0 saturated heterocycles. The van der Waals surface area contributed by atoms with Gasteiger partial charge in [-0.25, -0.2) is 4.98 Å². The molecule has 4 aromatic carbocycles. The molecule has 5 rings (SSSR count). The molecular weight excluding hydrogens is 412 g/mol. The van der Waals surface area contributed by atoms with E-state index in [4.69, 9.17) is 4.98 Å². The number of anilines is 3. The number of nitrogens with zero attached hydrogens (tertiary/aromatic N) is 2. The van der Waals surface area contributed by atoms with Crippen LogP contribution in [0.3, 0.4) is 0 Å². The first-order valence-electron chi connectivity index (χ1n) is 10.5. The Labute approximate surface area is 191 Å². The lowest BCUT2D eigenvalue weighted by molar-refractivity contribution is 0.282. The van der Waals surface area contributed by atoms with Crippen molar-refractivity contribution in [2.24, 2.45) is 0 Å². The molecule has 0 aliphatic carbocycles. The van der Waals surface area contributed by atoms with E-state index in [0.29, 0.717) is 0 Å². The molecule has 0 bridgehead atoms. The number of benzene rings is 4. The quantitative estimate of drug-likeness (QED) is 0.302. The third-order valence-corrected chi connectivity index (χ3v) is 6.36. The van der Waals surface area contributed by atoms with Crippen molar-refractivity contribution < 1.29 is 5.11 Å². The van der Waals surface area contributed by atoms with Crippen LogP contribution in [0, 0.1) is 0 Å². The van der Waals surface area contributed by atoms with Gasteiger partial charge in [0, 0.05) is 22.5 Å². The van der Waals surface area contributed by atoms with Crippen molar-refractivity contribution in [1.29, 1.82) is 0 Å². The normalized spacial score (nSPS) is 10.8. The van der Waals surface area contributed by atoms with Crippen LogP contribution in [0.15, 0.2) is 115 Å². The third kappa shape index (κ3) is 4.06. The van der Waals surface area contributed by atoms with Crippen LogP contribution in [0.25, 0.3) is 21.8 Å². The van der Waals surface area contributed by atoms with Gasteiger partial charge in [0.25, 0.3) is 0 Å². The molecule has 156 valence electrons. The fourth-order valence-corrected chi connectivity index (χ4v) is 4.80. The number of aliphatic hydroxyl groups is 1. The van der Waals surface area contributed by atoms with Gasteiger partial charge in [-0.15, -0.1) is 0 Å². The summed E-state index contributed by atoms with van der Waals surface area (Å²) in [6.45, 7) is 0.0362. The first-order valence-corrected chi connectivity index (χ1v) is 11.3. The summed E-state index contributed by atoms with van der Waals surface area (Å²) in [6, 6.07) is 39.1. The average Bonchev–Trinajstić information content (AvgIpc) is 3.31. The second-order valence-corrected chi connectivity index (χ2v) is 8.38. The van der Waals surface area contributed by atoms with Gasteiger partial charge in [-0.2, -0.15) is 0 Å². The monoisotopic (exact) mass is 434 g/mol. The van der Waals surface area contributed by atoms with Crippen LogP contribution < -0.4 is 4.90 Å². The van der Waals surface area contributed by atoms with Crippen molar-refractivity contribution in [3.63, 3.8) is 0 Å². The summed E-state index contributed by atoms with van der Waals surface area (Å²) in [5, 5.41) is 11.4. The van der Waals surface area contributed by atoms with Crippen LogP contribution in [0.1, 0.15) is 5.56 Å². The van der Waals surface area contributed by atoms with E-state index >= 15 is 0 Å². The molecular formula is C28H22N2OS. The van der Waals surface area contributed by atoms with Gasteiger partial charge in [0.1, 0.15) is 15.7 Å². The maximum absolute atomic E-state index is 9.40. The molecule has 1 heterocycles. The minimum Gasteiger partial charge on any atom is -0.392 e. The molecule has 0 amide bonds. The molecule has 0 spiro atoms. The first kappa shape index (κ1) is 20.2. The maximum atomic E-state index is 9.40. The largest absolute Gasteiger partial charge is 0.392 e. The Balaban J connectivity index is 1.72. The Morgan fingerprint density at radius 3 is 1.69 bits per heavy atom.